The molecule has 10 aromatic rings. The molecule has 0 saturated carbocycles. The maximum absolute atomic E-state index is 6.45. The largest absolute Gasteiger partial charge is 0.455 e. The number of fused-ring (bicyclic) bond motifs is 9. The van der Waals surface area contributed by atoms with E-state index in [1.165, 1.54) is 27.6 Å². The number of para-hydroxylation sites is 2. The smallest absolute Gasteiger partial charge is 0.164 e. The van der Waals surface area contributed by atoms with Crippen molar-refractivity contribution in [3.8, 4) is 56.5 Å². The van der Waals surface area contributed by atoms with Gasteiger partial charge in [-0.3, -0.25) is 0 Å². The highest BCUT2D eigenvalue weighted by molar-refractivity contribution is 6.19. The molecule has 5 heteroatoms. The molecule has 0 atom stereocenters. The Balaban J connectivity index is 1.07. The number of nitrogens with zero attached hydrogens (tertiary/aromatic N) is 4. The Labute approximate surface area is 311 Å². The first kappa shape index (κ1) is 30.6. The predicted molar refractivity (Wildman–Crippen MR) is 219 cm³/mol. The molecule has 0 saturated heterocycles. The van der Waals surface area contributed by atoms with Crippen LogP contribution >= 0.6 is 0 Å². The maximum Gasteiger partial charge on any atom is 0.164 e. The summed E-state index contributed by atoms with van der Waals surface area (Å²) in [5, 5.41) is 5.38. The van der Waals surface area contributed by atoms with Gasteiger partial charge < -0.3 is 4.42 Å². The van der Waals surface area contributed by atoms with Gasteiger partial charge in [-0.15, -0.1) is 0 Å². The second-order valence-corrected chi connectivity index (χ2v) is 14.7. The summed E-state index contributed by atoms with van der Waals surface area (Å²) < 4.78 is 6.45. The van der Waals surface area contributed by atoms with Crippen molar-refractivity contribution in [2.75, 3.05) is 0 Å². The summed E-state index contributed by atoms with van der Waals surface area (Å²) in [6.07, 6.45) is 0. The molecule has 7 aromatic carbocycles. The molecule has 11 rings (SSSR count). The van der Waals surface area contributed by atoms with E-state index in [0.717, 1.165) is 66.2 Å². The van der Waals surface area contributed by atoms with Crippen LogP contribution in [0.1, 0.15) is 25.0 Å². The summed E-state index contributed by atoms with van der Waals surface area (Å²) in [4.78, 5) is 20.6. The van der Waals surface area contributed by atoms with Crippen molar-refractivity contribution in [3.05, 3.63) is 169 Å². The lowest BCUT2D eigenvalue weighted by molar-refractivity contribution is 0.660. The van der Waals surface area contributed by atoms with Crippen molar-refractivity contribution in [1.29, 1.82) is 0 Å². The van der Waals surface area contributed by atoms with Crippen molar-refractivity contribution >= 4 is 43.6 Å². The molecule has 3 heterocycles. The SMILES string of the molecule is CC1(C)c2ccccc2-c2ccc(-c3nc(-c4ccc(-c5nc6ccccc6c6oc7ccccc7c56)cc4)nc(-c4ccc5ccccc5c4)n3)cc21. The van der Waals surface area contributed by atoms with E-state index in [0.29, 0.717) is 17.5 Å². The van der Waals surface area contributed by atoms with Gasteiger partial charge in [-0.2, -0.15) is 0 Å². The zero-order valence-corrected chi connectivity index (χ0v) is 29.7. The molecule has 254 valence electrons. The van der Waals surface area contributed by atoms with Crippen LogP contribution in [-0.2, 0) is 5.41 Å². The fourth-order valence-corrected chi connectivity index (χ4v) is 8.33. The molecule has 0 spiro atoms. The van der Waals surface area contributed by atoms with E-state index in [1.54, 1.807) is 0 Å². The molecule has 0 amide bonds. The molecule has 0 aliphatic heterocycles. The van der Waals surface area contributed by atoms with Gasteiger partial charge in [0.1, 0.15) is 11.2 Å². The minimum atomic E-state index is -0.142. The number of pyridine rings is 1. The zero-order valence-electron chi connectivity index (χ0n) is 29.7. The van der Waals surface area contributed by atoms with Gasteiger partial charge in [0.2, 0.25) is 0 Å². The second-order valence-electron chi connectivity index (χ2n) is 14.7. The molecule has 1 aliphatic rings. The number of rotatable bonds is 4. The fourth-order valence-electron chi connectivity index (χ4n) is 8.33. The Morgan fingerprint density at radius 3 is 1.87 bits per heavy atom. The van der Waals surface area contributed by atoms with Crippen LogP contribution in [0.25, 0.3) is 100 Å². The van der Waals surface area contributed by atoms with Crippen LogP contribution in [0, 0.1) is 0 Å². The summed E-state index contributed by atoms with van der Waals surface area (Å²) in [5.41, 5.74) is 12.3. The van der Waals surface area contributed by atoms with Gasteiger partial charge >= 0.3 is 0 Å². The van der Waals surface area contributed by atoms with Crippen LogP contribution < -0.4 is 0 Å². The quantitative estimate of drug-likeness (QED) is 0.184. The topological polar surface area (TPSA) is 64.7 Å². The van der Waals surface area contributed by atoms with Crippen LogP contribution in [-0.4, -0.2) is 19.9 Å². The van der Waals surface area contributed by atoms with Crippen molar-refractivity contribution in [2.24, 2.45) is 0 Å². The third kappa shape index (κ3) is 4.65. The van der Waals surface area contributed by atoms with Gasteiger partial charge in [0, 0.05) is 38.4 Å². The lowest BCUT2D eigenvalue weighted by Gasteiger charge is -2.21. The molecule has 5 nitrogen and oxygen atoms in total. The molecule has 0 unspecified atom stereocenters. The average molecular weight is 693 g/mol. The Morgan fingerprint density at radius 1 is 0.444 bits per heavy atom. The average Bonchev–Trinajstić information content (AvgIpc) is 3.73. The van der Waals surface area contributed by atoms with Gasteiger partial charge in [-0.1, -0.05) is 141 Å². The van der Waals surface area contributed by atoms with E-state index >= 15 is 0 Å². The van der Waals surface area contributed by atoms with Gasteiger partial charge in [0.15, 0.2) is 17.5 Å². The van der Waals surface area contributed by atoms with Crippen LogP contribution in [0.3, 0.4) is 0 Å². The Hall–Kier alpha value is -6.98. The Morgan fingerprint density at radius 2 is 1.04 bits per heavy atom. The number of aromatic nitrogens is 4. The van der Waals surface area contributed by atoms with Crippen molar-refractivity contribution in [1.82, 2.24) is 19.9 Å². The van der Waals surface area contributed by atoms with E-state index in [1.807, 2.05) is 36.4 Å². The summed E-state index contributed by atoms with van der Waals surface area (Å²) in [6, 6.07) is 54.9. The number of benzene rings is 7. The predicted octanol–water partition coefficient (Wildman–Crippen LogP) is 12.4. The van der Waals surface area contributed by atoms with E-state index in [9.17, 15) is 0 Å². The molecular weight excluding hydrogens is 661 g/mol. The first-order valence-corrected chi connectivity index (χ1v) is 18.3. The van der Waals surface area contributed by atoms with E-state index in [-0.39, 0.29) is 5.41 Å². The second kappa shape index (κ2) is 11.5. The third-order valence-electron chi connectivity index (χ3n) is 11.1. The van der Waals surface area contributed by atoms with E-state index < -0.39 is 0 Å². The zero-order chi connectivity index (χ0) is 36.0. The van der Waals surface area contributed by atoms with Gasteiger partial charge in [-0.25, -0.2) is 19.9 Å². The molecule has 0 N–H and O–H groups in total. The molecule has 3 aromatic heterocycles. The lowest BCUT2D eigenvalue weighted by atomic mass is 9.82. The normalized spacial score (nSPS) is 13.1. The highest BCUT2D eigenvalue weighted by Crippen LogP contribution is 2.49. The Kier molecular flexibility index (Phi) is 6.53. The molecule has 1 aliphatic carbocycles. The lowest BCUT2D eigenvalue weighted by Crippen LogP contribution is -2.15. The summed E-state index contributed by atoms with van der Waals surface area (Å²) in [5.74, 6) is 1.89. The molecule has 0 radical (unpaired) electrons. The summed E-state index contributed by atoms with van der Waals surface area (Å²) in [6.45, 7) is 4.60. The minimum absolute atomic E-state index is 0.142. The minimum Gasteiger partial charge on any atom is -0.455 e. The molecule has 54 heavy (non-hydrogen) atoms. The first-order valence-electron chi connectivity index (χ1n) is 18.3. The number of hydrogen-bond acceptors (Lipinski definition) is 5. The van der Waals surface area contributed by atoms with Crippen LogP contribution in [0.4, 0.5) is 0 Å². The Bertz CT molecular complexity index is 3140. The summed E-state index contributed by atoms with van der Waals surface area (Å²) >= 11 is 0. The van der Waals surface area contributed by atoms with Crippen LogP contribution in [0.15, 0.2) is 162 Å². The van der Waals surface area contributed by atoms with Crippen molar-refractivity contribution in [2.45, 2.75) is 19.3 Å². The van der Waals surface area contributed by atoms with E-state index in [4.69, 9.17) is 24.4 Å². The van der Waals surface area contributed by atoms with Crippen LogP contribution in [0.5, 0.6) is 0 Å². The highest BCUT2D eigenvalue weighted by atomic mass is 16.3. The fraction of sp³-hybridized carbons (Fsp3) is 0.0612. The van der Waals surface area contributed by atoms with Crippen LogP contribution in [0.2, 0.25) is 0 Å². The van der Waals surface area contributed by atoms with Gasteiger partial charge in [0.25, 0.3) is 0 Å². The number of furan rings is 1. The standard InChI is InChI=1S/C49H32N4O/c1-49(2)39-16-8-5-13-35(39)36-26-25-34(28-40(36)49)48-52-46(51-47(53-48)33-24-19-29-11-3-4-12-32(29)27-33)31-22-20-30(21-23-31)44-43-38-15-7-10-18-42(38)54-45(43)37-14-6-9-17-41(37)50-44/h3-28H,1-2H3. The monoisotopic (exact) mass is 692 g/mol. The first-order chi connectivity index (χ1) is 26.5. The van der Waals surface area contributed by atoms with Gasteiger partial charge in [-0.05, 0) is 63.4 Å². The molecular formula is C49H32N4O. The molecule has 0 bridgehead atoms. The third-order valence-corrected chi connectivity index (χ3v) is 11.1. The maximum atomic E-state index is 6.45. The van der Waals surface area contributed by atoms with Gasteiger partial charge in [0.05, 0.1) is 16.6 Å². The number of hydrogen-bond donors (Lipinski definition) is 0. The van der Waals surface area contributed by atoms with Crippen molar-refractivity contribution < 1.29 is 4.42 Å². The molecule has 0 fully saturated rings. The van der Waals surface area contributed by atoms with Crippen molar-refractivity contribution in [3.63, 3.8) is 0 Å². The van der Waals surface area contributed by atoms with E-state index in [2.05, 4.69) is 135 Å². The highest BCUT2D eigenvalue weighted by Gasteiger charge is 2.35. The summed E-state index contributed by atoms with van der Waals surface area (Å²) in [7, 11) is 0.